The first-order valence-electron chi connectivity index (χ1n) is 6.60. The van der Waals surface area contributed by atoms with Crippen LogP contribution in [0.25, 0.3) is 0 Å². The van der Waals surface area contributed by atoms with Crippen LogP contribution in [0.5, 0.6) is 0 Å². The van der Waals surface area contributed by atoms with E-state index in [2.05, 4.69) is 4.98 Å². The van der Waals surface area contributed by atoms with Crippen molar-refractivity contribution in [3.8, 4) is 0 Å². The van der Waals surface area contributed by atoms with Gasteiger partial charge in [0.1, 0.15) is 5.82 Å². The van der Waals surface area contributed by atoms with Crippen molar-refractivity contribution in [3.63, 3.8) is 0 Å². The Balaban J connectivity index is 2.35. The zero-order valence-electron chi connectivity index (χ0n) is 12.8. The lowest BCUT2D eigenvalue weighted by Crippen LogP contribution is -2.28. The van der Waals surface area contributed by atoms with E-state index in [4.69, 9.17) is 0 Å². The maximum atomic E-state index is 12.8. The van der Waals surface area contributed by atoms with Crippen molar-refractivity contribution >= 4 is 19.9 Å². The van der Waals surface area contributed by atoms with Gasteiger partial charge in [0.05, 0.1) is 16.3 Å². The van der Waals surface area contributed by atoms with Gasteiger partial charge in [0, 0.05) is 25.7 Å². The number of hydrogen-bond donors (Lipinski definition) is 0. The monoisotopic (exact) mass is 379 g/mol. The van der Waals surface area contributed by atoms with Gasteiger partial charge in [-0.05, 0) is 18.2 Å². The molecule has 132 valence electrons. The van der Waals surface area contributed by atoms with Gasteiger partial charge in [-0.15, -0.1) is 0 Å². The summed E-state index contributed by atoms with van der Waals surface area (Å²) in [7, 11) is -6.45. The lowest BCUT2D eigenvalue weighted by Gasteiger charge is -2.18. The predicted octanol–water partition coefficient (Wildman–Crippen LogP) is 1.50. The summed E-state index contributed by atoms with van der Waals surface area (Å²) in [6.45, 7) is -3.23. The van der Waals surface area contributed by atoms with Crippen molar-refractivity contribution in [2.24, 2.45) is 0 Å². The number of nitrogens with zero attached hydrogens (tertiary/aromatic N) is 3. The number of aromatic nitrogens is 2. The minimum atomic E-state index is -4.07. The quantitative estimate of drug-likeness (QED) is 0.759. The number of imidazole rings is 1. The summed E-state index contributed by atoms with van der Waals surface area (Å²) >= 11 is 0. The van der Waals surface area contributed by atoms with Gasteiger partial charge >= 0.3 is 6.55 Å². The van der Waals surface area contributed by atoms with Crippen LogP contribution in [0.2, 0.25) is 0 Å². The Labute approximate surface area is 138 Å². The topological polar surface area (TPSA) is 89.3 Å². The Hall–Kier alpha value is -1.85. The lowest BCUT2D eigenvalue weighted by atomic mass is 10.4. The lowest BCUT2D eigenvalue weighted by molar-refractivity contribution is 0.0658. The summed E-state index contributed by atoms with van der Waals surface area (Å²) in [6, 6.07) is 4.84. The highest BCUT2D eigenvalue weighted by atomic mass is 32.2. The molecule has 1 heterocycles. The average Bonchev–Trinajstić information content (AvgIpc) is 2.94. The van der Waals surface area contributed by atoms with Gasteiger partial charge in [0.25, 0.3) is 0 Å². The standard InChI is InChI=1S/C13H15F2N3O4S2/c1-17(9-12-16-6-7-18(12)13(14)15)24(21,22)11-5-3-4-10(8-11)23(2,19)20/h3-8,13H,9H2,1-2H3. The van der Waals surface area contributed by atoms with Gasteiger partial charge < -0.3 is 0 Å². The minimum absolute atomic E-state index is 0.129. The Morgan fingerprint density at radius 3 is 2.42 bits per heavy atom. The van der Waals surface area contributed by atoms with Crippen molar-refractivity contribution in [1.29, 1.82) is 0 Å². The molecule has 24 heavy (non-hydrogen) atoms. The van der Waals surface area contributed by atoms with Crippen LogP contribution in [0.4, 0.5) is 8.78 Å². The van der Waals surface area contributed by atoms with Crippen LogP contribution in [-0.2, 0) is 26.4 Å². The zero-order valence-corrected chi connectivity index (χ0v) is 14.4. The molecule has 0 saturated heterocycles. The van der Waals surface area contributed by atoms with Crippen LogP contribution in [-0.4, -0.2) is 44.0 Å². The molecule has 11 heteroatoms. The Morgan fingerprint density at radius 2 is 1.83 bits per heavy atom. The predicted molar refractivity (Wildman–Crippen MR) is 81.7 cm³/mol. The highest BCUT2D eigenvalue weighted by Gasteiger charge is 2.24. The van der Waals surface area contributed by atoms with Crippen LogP contribution in [0.15, 0.2) is 46.5 Å². The fraction of sp³-hybridized carbons (Fsp3) is 0.308. The first kappa shape index (κ1) is 18.5. The second-order valence-electron chi connectivity index (χ2n) is 5.04. The molecule has 1 aromatic heterocycles. The van der Waals surface area contributed by atoms with Crippen LogP contribution in [0.1, 0.15) is 12.4 Å². The van der Waals surface area contributed by atoms with E-state index in [1.807, 2.05) is 0 Å². The second-order valence-corrected chi connectivity index (χ2v) is 9.10. The summed E-state index contributed by atoms with van der Waals surface area (Å²) in [5.41, 5.74) is 0. The summed E-state index contributed by atoms with van der Waals surface area (Å²) in [5, 5.41) is 0. The Bertz CT molecular complexity index is 940. The first-order chi connectivity index (χ1) is 11.0. The highest BCUT2D eigenvalue weighted by Crippen LogP contribution is 2.21. The van der Waals surface area contributed by atoms with Gasteiger partial charge in [-0.1, -0.05) is 6.07 Å². The molecule has 2 aromatic rings. The van der Waals surface area contributed by atoms with E-state index in [0.717, 1.165) is 29.0 Å². The molecule has 0 N–H and O–H groups in total. The fourth-order valence-corrected chi connectivity index (χ4v) is 3.89. The highest BCUT2D eigenvalue weighted by molar-refractivity contribution is 7.91. The number of alkyl halides is 2. The number of hydrogen-bond acceptors (Lipinski definition) is 5. The van der Waals surface area contributed by atoms with Gasteiger partial charge in [-0.25, -0.2) is 21.8 Å². The zero-order chi connectivity index (χ0) is 18.1. The molecule has 0 aliphatic rings. The molecule has 0 spiro atoms. The fourth-order valence-electron chi connectivity index (χ4n) is 1.97. The van der Waals surface area contributed by atoms with Crippen molar-refractivity contribution in [1.82, 2.24) is 13.9 Å². The second kappa shape index (κ2) is 6.57. The molecule has 0 aliphatic carbocycles. The molecule has 2 rings (SSSR count). The molecule has 0 saturated carbocycles. The third kappa shape index (κ3) is 3.79. The molecule has 0 atom stereocenters. The van der Waals surface area contributed by atoms with Crippen molar-refractivity contribution in [2.45, 2.75) is 22.9 Å². The third-order valence-corrected chi connectivity index (χ3v) is 6.17. The van der Waals surface area contributed by atoms with E-state index >= 15 is 0 Å². The molecule has 0 bridgehead atoms. The molecule has 0 radical (unpaired) electrons. The van der Waals surface area contributed by atoms with E-state index in [0.29, 0.717) is 4.57 Å². The SMILES string of the molecule is CN(Cc1nccn1C(F)F)S(=O)(=O)c1cccc(S(C)(=O)=O)c1. The number of halogens is 2. The summed E-state index contributed by atoms with van der Waals surface area (Å²) < 4.78 is 75.1. The Kier molecular flexibility index (Phi) is 5.06. The molecule has 0 aliphatic heterocycles. The normalized spacial score (nSPS) is 12.9. The van der Waals surface area contributed by atoms with E-state index in [-0.39, 0.29) is 22.2 Å². The summed E-state index contributed by atoms with van der Waals surface area (Å²) in [4.78, 5) is 3.33. The Morgan fingerprint density at radius 1 is 1.21 bits per heavy atom. The van der Waals surface area contributed by atoms with Gasteiger partial charge in [-0.3, -0.25) is 4.57 Å². The van der Waals surface area contributed by atoms with Crippen LogP contribution in [0, 0.1) is 0 Å². The van der Waals surface area contributed by atoms with E-state index in [1.165, 1.54) is 25.2 Å². The smallest absolute Gasteiger partial charge is 0.277 e. The van der Waals surface area contributed by atoms with Crippen LogP contribution in [0.3, 0.4) is 0 Å². The van der Waals surface area contributed by atoms with Crippen molar-refractivity contribution in [3.05, 3.63) is 42.5 Å². The largest absolute Gasteiger partial charge is 0.319 e. The molecule has 0 fully saturated rings. The molecular weight excluding hydrogens is 364 g/mol. The molecule has 1 aromatic carbocycles. The van der Waals surface area contributed by atoms with Gasteiger partial charge in [0.15, 0.2) is 9.84 Å². The molecule has 7 nitrogen and oxygen atoms in total. The third-order valence-electron chi connectivity index (χ3n) is 3.27. The molecule has 0 unspecified atom stereocenters. The van der Waals surface area contributed by atoms with Gasteiger partial charge in [-0.2, -0.15) is 13.1 Å². The summed E-state index contributed by atoms with van der Waals surface area (Å²) in [5.74, 6) is -0.129. The van der Waals surface area contributed by atoms with Crippen molar-refractivity contribution < 1.29 is 25.6 Å². The summed E-state index contributed by atoms with van der Waals surface area (Å²) in [6.07, 6.45) is 3.15. The number of sulfone groups is 1. The first-order valence-corrected chi connectivity index (χ1v) is 9.93. The number of benzene rings is 1. The number of rotatable bonds is 6. The molecular formula is C13H15F2N3O4S2. The van der Waals surface area contributed by atoms with E-state index in [9.17, 15) is 25.6 Å². The van der Waals surface area contributed by atoms with Gasteiger partial charge in [0.2, 0.25) is 10.0 Å². The van der Waals surface area contributed by atoms with E-state index in [1.54, 1.807) is 0 Å². The minimum Gasteiger partial charge on any atom is -0.277 e. The maximum absolute atomic E-state index is 12.8. The van der Waals surface area contributed by atoms with E-state index < -0.39 is 26.4 Å². The maximum Gasteiger partial charge on any atom is 0.319 e. The number of sulfonamides is 1. The molecule has 0 amide bonds. The average molecular weight is 379 g/mol. The van der Waals surface area contributed by atoms with Crippen LogP contribution < -0.4 is 0 Å². The van der Waals surface area contributed by atoms with Crippen molar-refractivity contribution in [2.75, 3.05) is 13.3 Å². The van der Waals surface area contributed by atoms with Crippen LogP contribution >= 0.6 is 0 Å².